The zero-order valence-electron chi connectivity index (χ0n) is 21.0. The summed E-state index contributed by atoms with van der Waals surface area (Å²) in [7, 11) is -3.25. The summed E-state index contributed by atoms with van der Waals surface area (Å²) >= 11 is 6.57. The van der Waals surface area contributed by atoms with Gasteiger partial charge in [0.2, 0.25) is 0 Å². The number of pyridine rings is 1. The maximum Gasteiger partial charge on any atom is 0.296 e. The Bertz CT molecular complexity index is 1520. The molecular weight excluding hydrogens is 526 g/mol. The number of aromatic amines is 1. The number of aromatic nitrogens is 3. The van der Waals surface area contributed by atoms with Crippen molar-refractivity contribution in [2.24, 2.45) is 5.92 Å². The van der Waals surface area contributed by atoms with Gasteiger partial charge < -0.3 is 19.9 Å². The molecule has 0 saturated heterocycles. The van der Waals surface area contributed by atoms with Gasteiger partial charge in [-0.05, 0) is 48.6 Å². The molecule has 1 saturated carbocycles. The summed E-state index contributed by atoms with van der Waals surface area (Å²) in [6.45, 7) is 1.82. The van der Waals surface area contributed by atoms with Gasteiger partial charge in [0.05, 0.1) is 33.0 Å². The molecule has 1 aliphatic rings. The fourth-order valence-electron chi connectivity index (χ4n) is 4.87. The number of nitrogens with one attached hydrogen (secondary N) is 1. The third-order valence-corrected chi connectivity index (χ3v) is 9.23. The standard InChI is InChI=1S/C28H30ClN3O5S/c1-2-13-38(35,36)22-11-8-18(9-12-22)17-3-5-19(6-4-17)26-23(29)15-24-27(31-26)32-28(30-24)37-21-10-7-20(16-33)25(34)14-21/h3-6,8-9,11-12,15,20-21,25,33-34H,2,7,10,13-14,16H2,1H3,(H,30,31,32)/t20-,21+,25+/m1/s1. The fraction of sp³-hybridized carbons (Fsp3) is 0.357. The van der Waals surface area contributed by atoms with Crippen molar-refractivity contribution in [1.82, 2.24) is 15.0 Å². The first-order valence-electron chi connectivity index (χ1n) is 12.7. The van der Waals surface area contributed by atoms with Crippen molar-refractivity contribution in [2.45, 2.75) is 49.7 Å². The number of hydrogen-bond acceptors (Lipinski definition) is 7. The highest BCUT2D eigenvalue weighted by atomic mass is 35.5. The number of imidazole rings is 1. The molecule has 0 spiro atoms. The number of halogens is 1. The highest BCUT2D eigenvalue weighted by Crippen LogP contribution is 2.32. The number of hydrogen-bond donors (Lipinski definition) is 3. The highest BCUT2D eigenvalue weighted by molar-refractivity contribution is 7.91. The SMILES string of the molecule is CCCS(=O)(=O)c1ccc(-c2ccc(-c3nc4nc(O[C@H]5CC[C@H](CO)[C@@H](O)C5)[nH]c4cc3Cl)cc2)cc1. The Hall–Kier alpha value is -2.98. The Labute approximate surface area is 226 Å². The Morgan fingerprint density at radius 1 is 1.03 bits per heavy atom. The number of ether oxygens (including phenoxy) is 1. The van der Waals surface area contributed by atoms with Gasteiger partial charge in [-0.1, -0.05) is 54.9 Å². The number of fused-ring (bicyclic) bond motifs is 1. The molecule has 5 rings (SSSR count). The van der Waals surface area contributed by atoms with Crippen molar-refractivity contribution in [3.05, 3.63) is 59.6 Å². The molecule has 1 fully saturated rings. The minimum absolute atomic E-state index is 0.0274. The van der Waals surface area contributed by atoms with Crippen LogP contribution in [-0.4, -0.2) is 58.2 Å². The predicted octanol–water partition coefficient (Wildman–Crippen LogP) is 5.03. The van der Waals surface area contributed by atoms with E-state index in [9.17, 15) is 18.6 Å². The van der Waals surface area contributed by atoms with Crippen molar-refractivity contribution < 1.29 is 23.4 Å². The lowest BCUT2D eigenvalue weighted by Gasteiger charge is -2.31. The molecule has 3 atom stereocenters. The Kier molecular flexibility index (Phi) is 7.72. The lowest BCUT2D eigenvalue weighted by molar-refractivity contribution is -0.0113. The van der Waals surface area contributed by atoms with E-state index in [4.69, 9.17) is 16.3 Å². The number of benzene rings is 2. The van der Waals surface area contributed by atoms with Crippen LogP contribution in [0.1, 0.15) is 32.6 Å². The molecule has 10 heteroatoms. The van der Waals surface area contributed by atoms with Crippen LogP contribution in [-0.2, 0) is 9.84 Å². The van der Waals surface area contributed by atoms with E-state index in [0.29, 0.717) is 52.0 Å². The molecule has 0 unspecified atom stereocenters. The molecule has 3 N–H and O–H groups in total. The summed E-state index contributed by atoms with van der Waals surface area (Å²) in [4.78, 5) is 12.6. The Balaban J connectivity index is 1.33. The van der Waals surface area contributed by atoms with Gasteiger partial charge in [-0.15, -0.1) is 0 Å². The summed E-state index contributed by atoms with van der Waals surface area (Å²) < 4.78 is 30.5. The predicted molar refractivity (Wildman–Crippen MR) is 147 cm³/mol. The number of rotatable bonds is 8. The number of H-pyrrole nitrogens is 1. The van der Waals surface area contributed by atoms with Crippen LogP contribution >= 0.6 is 11.6 Å². The zero-order valence-corrected chi connectivity index (χ0v) is 22.5. The Morgan fingerprint density at radius 2 is 1.68 bits per heavy atom. The van der Waals surface area contributed by atoms with Crippen LogP contribution in [0.4, 0.5) is 0 Å². The van der Waals surface area contributed by atoms with Crippen LogP contribution < -0.4 is 4.74 Å². The molecule has 4 aromatic rings. The first kappa shape index (κ1) is 26.6. The minimum Gasteiger partial charge on any atom is -0.461 e. The van der Waals surface area contributed by atoms with Crippen molar-refractivity contribution in [1.29, 1.82) is 0 Å². The lowest BCUT2D eigenvalue weighted by atomic mass is 9.85. The summed E-state index contributed by atoms with van der Waals surface area (Å²) in [5, 5.41) is 20.0. The topological polar surface area (TPSA) is 125 Å². The third kappa shape index (κ3) is 5.56. The van der Waals surface area contributed by atoms with Gasteiger partial charge in [0.1, 0.15) is 6.10 Å². The zero-order chi connectivity index (χ0) is 26.9. The van der Waals surface area contributed by atoms with Crippen LogP contribution in [0.25, 0.3) is 33.5 Å². The smallest absolute Gasteiger partial charge is 0.296 e. The molecule has 2 aromatic carbocycles. The molecule has 2 aromatic heterocycles. The molecule has 38 heavy (non-hydrogen) atoms. The minimum atomic E-state index is -3.25. The lowest BCUT2D eigenvalue weighted by Crippen LogP contribution is -2.36. The molecule has 0 radical (unpaired) electrons. The number of nitrogens with zero attached hydrogens (tertiary/aromatic N) is 2. The number of sulfone groups is 1. The van der Waals surface area contributed by atoms with Gasteiger partial charge in [0.15, 0.2) is 15.5 Å². The van der Waals surface area contributed by atoms with E-state index in [1.54, 1.807) is 18.2 Å². The summed E-state index contributed by atoms with van der Waals surface area (Å²) in [6.07, 6.45) is 1.63. The van der Waals surface area contributed by atoms with Gasteiger partial charge in [-0.25, -0.2) is 13.4 Å². The summed E-state index contributed by atoms with van der Waals surface area (Å²) in [5.41, 5.74) is 4.38. The third-order valence-electron chi connectivity index (χ3n) is 7.00. The van der Waals surface area contributed by atoms with E-state index in [1.165, 1.54) is 0 Å². The van der Waals surface area contributed by atoms with Crippen molar-refractivity contribution in [2.75, 3.05) is 12.4 Å². The fourth-order valence-corrected chi connectivity index (χ4v) is 6.45. The van der Waals surface area contributed by atoms with Gasteiger partial charge in [-0.3, -0.25) is 0 Å². The van der Waals surface area contributed by atoms with E-state index >= 15 is 0 Å². The maximum atomic E-state index is 12.3. The average Bonchev–Trinajstić information content (AvgIpc) is 3.29. The number of aliphatic hydroxyl groups excluding tert-OH is 2. The molecule has 2 heterocycles. The summed E-state index contributed by atoms with van der Waals surface area (Å²) in [5.74, 6) is 0.0265. The molecule has 1 aliphatic carbocycles. The molecule has 200 valence electrons. The quantitative estimate of drug-likeness (QED) is 0.278. The van der Waals surface area contributed by atoms with Crippen molar-refractivity contribution in [3.63, 3.8) is 0 Å². The van der Waals surface area contributed by atoms with Gasteiger partial charge >= 0.3 is 0 Å². The maximum absolute atomic E-state index is 12.3. The average molecular weight is 556 g/mol. The molecule has 0 amide bonds. The van der Waals surface area contributed by atoms with Crippen LogP contribution in [0.2, 0.25) is 5.02 Å². The van der Waals surface area contributed by atoms with Crippen molar-refractivity contribution >= 4 is 32.6 Å². The van der Waals surface area contributed by atoms with Crippen LogP contribution in [0.15, 0.2) is 59.5 Å². The van der Waals surface area contributed by atoms with E-state index < -0.39 is 15.9 Å². The molecular formula is C28H30ClN3O5S. The molecule has 0 aliphatic heterocycles. The van der Waals surface area contributed by atoms with E-state index in [1.807, 2.05) is 43.3 Å². The largest absolute Gasteiger partial charge is 0.461 e. The molecule has 0 bridgehead atoms. The van der Waals surface area contributed by atoms with E-state index in [0.717, 1.165) is 23.1 Å². The number of aliphatic hydroxyl groups is 2. The van der Waals surface area contributed by atoms with Gasteiger partial charge in [0.25, 0.3) is 6.01 Å². The normalized spacial score (nSPS) is 20.1. The van der Waals surface area contributed by atoms with Gasteiger partial charge in [0, 0.05) is 24.5 Å². The van der Waals surface area contributed by atoms with Gasteiger partial charge in [-0.2, -0.15) is 4.98 Å². The Morgan fingerprint density at radius 3 is 2.32 bits per heavy atom. The molecule has 8 nitrogen and oxygen atoms in total. The summed E-state index contributed by atoms with van der Waals surface area (Å²) in [6, 6.07) is 16.7. The second-order valence-corrected chi connectivity index (χ2v) is 12.2. The first-order valence-corrected chi connectivity index (χ1v) is 14.8. The van der Waals surface area contributed by atoms with E-state index in [2.05, 4.69) is 15.0 Å². The first-order chi connectivity index (χ1) is 18.3. The van der Waals surface area contributed by atoms with Crippen molar-refractivity contribution in [3.8, 4) is 28.4 Å². The second kappa shape index (κ2) is 11.0. The van der Waals surface area contributed by atoms with Crippen LogP contribution in [0.5, 0.6) is 6.01 Å². The monoisotopic (exact) mass is 555 g/mol. The van der Waals surface area contributed by atoms with E-state index in [-0.39, 0.29) is 24.4 Å². The highest BCUT2D eigenvalue weighted by Gasteiger charge is 2.30. The van der Waals surface area contributed by atoms with Crippen LogP contribution in [0.3, 0.4) is 0 Å². The van der Waals surface area contributed by atoms with Crippen LogP contribution in [0, 0.1) is 5.92 Å². The second-order valence-electron chi connectivity index (χ2n) is 9.72.